The smallest absolute Gasteiger partial charge is 0.290 e. The number of carbonyl (C=O) groups excluding carboxylic acids is 1. The van der Waals surface area contributed by atoms with E-state index < -0.39 is 0 Å². The van der Waals surface area contributed by atoms with Gasteiger partial charge in [-0.1, -0.05) is 35.0 Å². The molecule has 0 bridgehead atoms. The highest BCUT2D eigenvalue weighted by atomic mass is 16.5. The average Bonchev–Trinajstić information content (AvgIpc) is 2.76. The van der Waals surface area contributed by atoms with Crippen LogP contribution in [0.2, 0.25) is 0 Å². The van der Waals surface area contributed by atoms with Crippen molar-refractivity contribution in [3.05, 3.63) is 52.9 Å². The van der Waals surface area contributed by atoms with Crippen molar-refractivity contribution in [1.82, 2.24) is 10.5 Å². The Morgan fingerprint density at radius 2 is 1.94 bits per heavy atom. The molecule has 0 fully saturated rings. The van der Waals surface area contributed by atoms with Gasteiger partial charge >= 0.3 is 0 Å². The van der Waals surface area contributed by atoms with Gasteiger partial charge in [0.05, 0.1) is 11.7 Å². The number of aromatic nitrogens is 1. The topological polar surface area (TPSA) is 55.1 Å². The summed E-state index contributed by atoms with van der Waals surface area (Å²) in [6.45, 7) is 5.75. The van der Waals surface area contributed by atoms with Gasteiger partial charge in [0.2, 0.25) is 5.76 Å². The van der Waals surface area contributed by atoms with Crippen LogP contribution in [-0.2, 0) is 0 Å². The quantitative estimate of drug-likeness (QED) is 0.903. The van der Waals surface area contributed by atoms with Crippen LogP contribution in [0.5, 0.6) is 0 Å². The summed E-state index contributed by atoms with van der Waals surface area (Å²) in [7, 11) is 0. The van der Waals surface area contributed by atoms with Crippen LogP contribution in [0, 0.1) is 13.8 Å². The van der Waals surface area contributed by atoms with E-state index in [1.807, 2.05) is 38.1 Å². The van der Waals surface area contributed by atoms with Crippen LogP contribution in [0.4, 0.5) is 0 Å². The van der Waals surface area contributed by atoms with Crippen molar-refractivity contribution in [3.8, 4) is 0 Å². The number of nitrogens with one attached hydrogen (secondary N) is 1. The molecule has 18 heavy (non-hydrogen) atoms. The molecule has 0 saturated carbocycles. The molecule has 2 rings (SSSR count). The molecular formula is C14H16N2O2. The number of carbonyl (C=O) groups is 1. The minimum Gasteiger partial charge on any atom is -0.351 e. The minimum atomic E-state index is -0.247. The van der Waals surface area contributed by atoms with Crippen LogP contribution in [0.1, 0.15) is 40.3 Å². The fraction of sp³-hybridized carbons (Fsp3) is 0.286. The van der Waals surface area contributed by atoms with Gasteiger partial charge in [-0.15, -0.1) is 0 Å². The molecule has 4 heteroatoms. The first-order valence-corrected chi connectivity index (χ1v) is 5.87. The Morgan fingerprint density at radius 1 is 1.28 bits per heavy atom. The molecule has 0 saturated heterocycles. The molecule has 2 aromatic rings. The van der Waals surface area contributed by atoms with Crippen LogP contribution in [-0.4, -0.2) is 11.1 Å². The van der Waals surface area contributed by atoms with E-state index in [-0.39, 0.29) is 17.7 Å². The molecule has 1 amide bonds. The Labute approximate surface area is 106 Å². The molecule has 1 N–H and O–H groups in total. The zero-order valence-electron chi connectivity index (χ0n) is 10.7. The number of benzene rings is 1. The second kappa shape index (κ2) is 5.04. The van der Waals surface area contributed by atoms with Gasteiger partial charge in [-0.05, 0) is 26.3 Å². The summed E-state index contributed by atoms with van der Waals surface area (Å²) in [4.78, 5) is 11.9. The van der Waals surface area contributed by atoms with E-state index in [4.69, 9.17) is 4.52 Å². The summed E-state index contributed by atoms with van der Waals surface area (Å²) in [6.07, 6.45) is 0. The predicted molar refractivity (Wildman–Crippen MR) is 68.3 cm³/mol. The van der Waals surface area contributed by atoms with E-state index in [0.29, 0.717) is 5.69 Å². The van der Waals surface area contributed by atoms with Gasteiger partial charge in [-0.3, -0.25) is 4.79 Å². The monoisotopic (exact) mass is 244 g/mol. The molecule has 1 heterocycles. The van der Waals surface area contributed by atoms with Gasteiger partial charge in [0.15, 0.2) is 0 Å². The highest BCUT2D eigenvalue weighted by molar-refractivity contribution is 5.91. The first kappa shape index (κ1) is 12.4. The zero-order valence-corrected chi connectivity index (χ0v) is 10.7. The molecule has 1 unspecified atom stereocenters. The van der Waals surface area contributed by atoms with Crippen molar-refractivity contribution < 1.29 is 9.32 Å². The van der Waals surface area contributed by atoms with Crippen LogP contribution < -0.4 is 5.32 Å². The highest BCUT2D eigenvalue weighted by Crippen LogP contribution is 2.14. The fourth-order valence-electron chi connectivity index (χ4n) is 1.68. The number of rotatable bonds is 3. The van der Waals surface area contributed by atoms with Crippen LogP contribution >= 0.6 is 0 Å². The SMILES string of the molecule is Cc1ccc(C(C)NC(=O)c2cc(C)no2)cc1. The number of hydrogen-bond donors (Lipinski definition) is 1. The van der Waals surface area contributed by atoms with Gasteiger partial charge in [-0.2, -0.15) is 0 Å². The molecule has 1 aromatic carbocycles. The Balaban J connectivity index is 2.05. The Morgan fingerprint density at radius 3 is 2.50 bits per heavy atom. The summed E-state index contributed by atoms with van der Waals surface area (Å²) in [6, 6.07) is 9.62. The third-order valence-corrected chi connectivity index (χ3v) is 2.78. The summed E-state index contributed by atoms with van der Waals surface area (Å²) in [5.41, 5.74) is 2.96. The zero-order chi connectivity index (χ0) is 13.1. The van der Waals surface area contributed by atoms with Crippen LogP contribution in [0.25, 0.3) is 0 Å². The van der Waals surface area contributed by atoms with Crippen molar-refractivity contribution in [2.24, 2.45) is 0 Å². The molecule has 0 aliphatic carbocycles. The van der Waals surface area contributed by atoms with Gasteiger partial charge in [0, 0.05) is 6.07 Å². The minimum absolute atomic E-state index is 0.0662. The summed E-state index contributed by atoms with van der Waals surface area (Å²) in [5, 5.41) is 6.57. The predicted octanol–water partition coefficient (Wildman–Crippen LogP) is 2.78. The van der Waals surface area contributed by atoms with Crippen molar-refractivity contribution >= 4 is 5.91 Å². The third-order valence-electron chi connectivity index (χ3n) is 2.78. The molecular weight excluding hydrogens is 228 g/mol. The fourth-order valence-corrected chi connectivity index (χ4v) is 1.68. The van der Waals surface area contributed by atoms with E-state index in [1.165, 1.54) is 5.56 Å². The summed E-state index contributed by atoms with van der Waals surface area (Å²) >= 11 is 0. The van der Waals surface area contributed by atoms with E-state index in [0.717, 1.165) is 5.56 Å². The third kappa shape index (κ3) is 2.77. The van der Waals surface area contributed by atoms with Crippen LogP contribution in [0.15, 0.2) is 34.9 Å². The van der Waals surface area contributed by atoms with Crippen molar-refractivity contribution in [1.29, 1.82) is 0 Å². The first-order chi connectivity index (χ1) is 8.56. The molecule has 94 valence electrons. The van der Waals surface area contributed by atoms with E-state index in [9.17, 15) is 4.79 Å². The number of hydrogen-bond acceptors (Lipinski definition) is 3. The molecule has 0 spiro atoms. The van der Waals surface area contributed by atoms with E-state index in [2.05, 4.69) is 10.5 Å². The maximum atomic E-state index is 11.9. The average molecular weight is 244 g/mol. The molecule has 0 aliphatic rings. The standard InChI is InChI=1S/C14H16N2O2/c1-9-4-6-12(7-5-9)11(3)15-14(17)13-8-10(2)16-18-13/h4-8,11H,1-3H3,(H,15,17). The van der Waals surface area contributed by atoms with Crippen LogP contribution in [0.3, 0.4) is 0 Å². The number of aryl methyl sites for hydroxylation is 2. The maximum absolute atomic E-state index is 11.9. The molecule has 4 nitrogen and oxygen atoms in total. The largest absolute Gasteiger partial charge is 0.351 e. The Kier molecular flexibility index (Phi) is 3.46. The summed E-state index contributed by atoms with van der Waals surface area (Å²) < 4.78 is 4.92. The second-order valence-electron chi connectivity index (χ2n) is 4.44. The maximum Gasteiger partial charge on any atom is 0.290 e. The molecule has 0 radical (unpaired) electrons. The lowest BCUT2D eigenvalue weighted by Gasteiger charge is -2.13. The second-order valence-corrected chi connectivity index (χ2v) is 4.44. The van der Waals surface area contributed by atoms with Gasteiger partial charge in [-0.25, -0.2) is 0 Å². The molecule has 0 aliphatic heterocycles. The van der Waals surface area contributed by atoms with Crippen molar-refractivity contribution in [3.63, 3.8) is 0 Å². The summed E-state index contributed by atoms with van der Waals surface area (Å²) in [5.74, 6) is -0.00450. The van der Waals surface area contributed by atoms with E-state index >= 15 is 0 Å². The van der Waals surface area contributed by atoms with E-state index in [1.54, 1.807) is 13.0 Å². The highest BCUT2D eigenvalue weighted by Gasteiger charge is 2.15. The lowest BCUT2D eigenvalue weighted by molar-refractivity contribution is 0.0902. The molecule has 1 aromatic heterocycles. The number of amides is 1. The Bertz CT molecular complexity index is 543. The normalized spacial score (nSPS) is 12.2. The van der Waals surface area contributed by atoms with Gasteiger partial charge in [0.25, 0.3) is 5.91 Å². The van der Waals surface area contributed by atoms with Gasteiger partial charge in [0.1, 0.15) is 0 Å². The van der Waals surface area contributed by atoms with Crippen molar-refractivity contribution in [2.75, 3.05) is 0 Å². The van der Waals surface area contributed by atoms with Crippen molar-refractivity contribution in [2.45, 2.75) is 26.8 Å². The molecule has 1 atom stereocenters. The lowest BCUT2D eigenvalue weighted by atomic mass is 10.1. The lowest BCUT2D eigenvalue weighted by Crippen LogP contribution is -2.26. The van der Waals surface area contributed by atoms with Gasteiger partial charge < -0.3 is 9.84 Å². The number of nitrogens with zero attached hydrogens (tertiary/aromatic N) is 1. The Hall–Kier alpha value is -2.10. The first-order valence-electron chi connectivity index (χ1n) is 5.87.